The molecule has 0 amide bonds. The van der Waals surface area contributed by atoms with E-state index in [9.17, 15) is 14.4 Å². The van der Waals surface area contributed by atoms with Crippen LogP contribution < -0.4 is 5.32 Å². The monoisotopic (exact) mass is 609 g/mol. The average molecular weight is 610 g/mol. The Hall–Kier alpha value is -4.13. The lowest BCUT2D eigenvalue weighted by molar-refractivity contribution is -0.170. The SMILES string of the molecule is Cc1nccn1-c1ccc(CN(Cc2cccnc2)C2CC(C)(C)NC(C)(C)C2)cc1.O=C(O)CC(O)(CC(=O)O)C(=O)O. The van der Waals surface area contributed by atoms with Gasteiger partial charge in [-0.1, -0.05) is 18.2 Å². The van der Waals surface area contributed by atoms with Crippen LogP contribution >= 0.6 is 0 Å². The molecule has 238 valence electrons. The first-order valence-corrected chi connectivity index (χ1v) is 14.4. The highest BCUT2D eigenvalue weighted by Gasteiger charge is 2.41. The van der Waals surface area contributed by atoms with E-state index >= 15 is 0 Å². The van der Waals surface area contributed by atoms with Gasteiger partial charge in [-0.2, -0.15) is 0 Å². The van der Waals surface area contributed by atoms with Gasteiger partial charge < -0.3 is 30.3 Å². The lowest BCUT2D eigenvalue weighted by Gasteiger charge is -2.49. The molecule has 12 nitrogen and oxygen atoms in total. The number of nitrogens with zero attached hydrogens (tertiary/aromatic N) is 4. The van der Waals surface area contributed by atoms with Crippen LogP contribution in [0.5, 0.6) is 0 Å². The van der Waals surface area contributed by atoms with Gasteiger partial charge in [-0.3, -0.25) is 19.5 Å². The van der Waals surface area contributed by atoms with Gasteiger partial charge in [0.25, 0.3) is 0 Å². The van der Waals surface area contributed by atoms with Gasteiger partial charge in [0.1, 0.15) is 5.82 Å². The Bertz CT molecular complexity index is 1390. The number of aliphatic hydroxyl groups is 1. The zero-order valence-corrected chi connectivity index (χ0v) is 25.9. The third kappa shape index (κ3) is 9.97. The maximum atomic E-state index is 10.3. The van der Waals surface area contributed by atoms with Gasteiger partial charge in [0, 0.05) is 60.7 Å². The summed E-state index contributed by atoms with van der Waals surface area (Å²) in [5.74, 6) is -4.01. The first-order valence-electron chi connectivity index (χ1n) is 14.4. The number of rotatable bonds is 11. The second kappa shape index (κ2) is 14.1. The minimum absolute atomic E-state index is 0.114. The number of aryl methyl sites for hydroxylation is 1. The second-order valence-corrected chi connectivity index (χ2v) is 12.7. The van der Waals surface area contributed by atoms with E-state index in [0.29, 0.717) is 6.04 Å². The highest BCUT2D eigenvalue weighted by Crippen LogP contribution is 2.33. The van der Waals surface area contributed by atoms with Crippen molar-refractivity contribution in [3.63, 3.8) is 0 Å². The standard InChI is InChI=1S/C26H35N5.C6H8O7/c1-20-28-13-14-31(20)23-10-8-21(9-11-23)18-30(19-22-7-6-12-27-17-22)24-15-25(2,3)29-26(4,5)16-24;7-3(8)1-6(13,5(11)12)2-4(9)10/h6-14,17,24,29H,15-16,18-19H2,1-5H3;13H,1-2H2,(H,7,8)(H,9,10)(H,11,12). The molecule has 1 aromatic carbocycles. The van der Waals surface area contributed by atoms with E-state index in [4.69, 9.17) is 20.4 Å². The summed E-state index contributed by atoms with van der Waals surface area (Å²) in [7, 11) is 0. The van der Waals surface area contributed by atoms with Crippen molar-refractivity contribution in [2.24, 2.45) is 0 Å². The maximum absolute atomic E-state index is 10.3. The normalized spacial score (nSPS) is 16.2. The van der Waals surface area contributed by atoms with E-state index in [0.717, 1.165) is 37.4 Å². The van der Waals surface area contributed by atoms with Crippen molar-refractivity contribution in [2.75, 3.05) is 0 Å². The van der Waals surface area contributed by atoms with Gasteiger partial charge in [0.15, 0.2) is 5.60 Å². The van der Waals surface area contributed by atoms with E-state index in [1.54, 1.807) is 0 Å². The van der Waals surface area contributed by atoms with Crippen LogP contribution in [0.3, 0.4) is 0 Å². The van der Waals surface area contributed by atoms with Crippen LogP contribution in [-0.4, -0.2) is 80.5 Å². The summed E-state index contributed by atoms with van der Waals surface area (Å²) in [6.07, 6.45) is 7.67. The molecule has 0 radical (unpaired) electrons. The fourth-order valence-electron chi connectivity index (χ4n) is 5.93. The fourth-order valence-corrected chi connectivity index (χ4v) is 5.93. The second-order valence-electron chi connectivity index (χ2n) is 12.7. The Morgan fingerprint density at radius 3 is 1.95 bits per heavy atom. The van der Waals surface area contributed by atoms with Gasteiger partial charge >= 0.3 is 17.9 Å². The van der Waals surface area contributed by atoms with E-state index in [-0.39, 0.29) is 11.1 Å². The molecule has 1 fully saturated rings. The van der Waals surface area contributed by atoms with Crippen LogP contribution in [0.25, 0.3) is 5.69 Å². The number of piperidine rings is 1. The number of carbonyl (C=O) groups is 3. The summed E-state index contributed by atoms with van der Waals surface area (Å²) in [6.45, 7) is 13.2. The molecule has 12 heteroatoms. The average Bonchev–Trinajstić information content (AvgIpc) is 3.32. The van der Waals surface area contributed by atoms with Crippen molar-refractivity contribution in [1.29, 1.82) is 0 Å². The third-order valence-corrected chi connectivity index (χ3v) is 7.50. The molecule has 5 N–H and O–H groups in total. The van der Waals surface area contributed by atoms with Gasteiger partial charge in [-0.15, -0.1) is 0 Å². The van der Waals surface area contributed by atoms with Gasteiger partial charge in [-0.05, 0) is 76.8 Å². The molecule has 2 aromatic heterocycles. The number of aromatic nitrogens is 3. The topological polar surface area (TPSA) is 178 Å². The largest absolute Gasteiger partial charge is 0.481 e. The predicted octanol–water partition coefficient (Wildman–Crippen LogP) is 3.64. The number of carboxylic acid groups (broad SMARTS) is 3. The molecular weight excluding hydrogens is 566 g/mol. The number of nitrogens with one attached hydrogen (secondary N) is 1. The highest BCUT2D eigenvalue weighted by atomic mass is 16.4. The minimum atomic E-state index is -2.74. The summed E-state index contributed by atoms with van der Waals surface area (Å²) < 4.78 is 2.12. The number of aliphatic carboxylic acids is 3. The summed E-state index contributed by atoms with van der Waals surface area (Å²) in [4.78, 5) is 41.8. The number of pyridine rings is 1. The van der Waals surface area contributed by atoms with Gasteiger partial charge in [0.2, 0.25) is 0 Å². The third-order valence-electron chi connectivity index (χ3n) is 7.50. The van der Waals surface area contributed by atoms with E-state index in [2.05, 4.69) is 82.8 Å². The highest BCUT2D eigenvalue weighted by molar-refractivity contribution is 5.88. The molecule has 0 atom stereocenters. The van der Waals surface area contributed by atoms with Crippen LogP contribution in [0, 0.1) is 6.92 Å². The Labute approximate surface area is 257 Å². The minimum Gasteiger partial charge on any atom is -0.481 e. The molecule has 0 spiro atoms. The van der Waals surface area contributed by atoms with Crippen LogP contribution in [0.2, 0.25) is 0 Å². The Balaban J connectivity index is 0.000000345. The molecule has 0 saturated carbocycles. The lowest BCUT2D eigenvalue weighted by atomic mass is 9.79. The molecule has 3 heterocycles. The first kappa shape index (κ1) is 34.4. The van der Waals surface area contributed by atoms with Crippen LogP contribution in [0.4, 0.5) is 0 Å². The molecule has 0 bridgehead atoms. The van der Waals surface area contributed by atoms with Crippen molar-refractivity contribution >= 4 is 17.9 Å². The zero-order valence-electron chi connectivity index (χ0n) is 25.9. The van der Waals surface area contributed by atoms with Crippen molar-refractivity contribution in [2.45, 2.75) is 96.1 Å². The smallest absolute Gasteiger partial charge is 0.336 e. The van der Waals surface area contributed by atoms with Crippen LogP contribution in [0.1, 0.15) is 70.3 Å². The predicted molar refractivity (Wildman–Crippen MR) is 163 cm³/mol. The van der Waals surface area contributed by atoms with E-state index in [1.165, 1.54) is 11.1 Å². The molecule has 0 unspecified atom stereocenters. The Morgan fingerprint density at radius 2 is 1.50 bits per heavy atom. The summed E-state index contributed by atoms with van der Waals surface area (Å²) >= 11 is 0. The summed E-state index contributed by atoms with van der Waals surface area (Å²) in [6, 6.07) is 13.6. The number of imidazole rings is 1. The van der Waals surface area contributed by atoms with E-state index in [1.807, 2.05) is 37.8 Å². The molecule has 1 aliphatic heterocycles. The number of benzene rings is 1. The number of hydrogen-bond acceptors (Lipinski definition) is 8. The van der Waals surface area contributed by atoms with Crippen molar-refractivity contribution in [3.05, 3.63) is 78.1 Å². The lowest BCUT2D eigenvalue weighted by Crippen LogP contribution is -2.62. The van der Waals surface area contributed by atoms with Gasteiger partial charge in [-0.25, -0.2) is 9.78 Å². The molecule has 1 saturated heterocycles. The molecule has 1 aliphatic rings. The number of carboxylic acids is 3. The molecule has 0 aliphatic carbocycles. The molecule has 4 rings (SSSR count). The molecule has 3 aromatic rings. The van der Waals surface area contributed by atoms with Crippen molar-refractivity contribution in [1.82, 2.24) is 24.8 Å². The van der Waals surface area contributed by atoms with Crippen molar-refractivity contribution < 1.29 is 34.8 Å². The number of hydrogen-bond donors (Lipinski definition) is 5. The van der Waals surface area contributed by atoms with E-state index < -0.39 is 36.4 Å². The van der Waals surface area contributed by atoms with Crippen molar-refractivity contribution in [3.8, 4) is 5.69 Å². The molecule has 44 heavy (non-hydrogen) atoms. The van der Waals surface area contributed by atoms with Crippen LogP contribution in [0.15, 0.2) is 61.2 Å². The van der Waals surface area contributed by atoms with Crippen LogP contribution in [-0.2, 0) is 27.5 Å². The summed E-state index contributed by atoms with van der Waals surface area (Å²) in [5.41, 5.74) is 1.24. The molecular formula is C32H43N5O7. The Morgan fingerprint density at radius 1 is 0.932 bits per heavy atom. The quantitative estimate of drug-likeness (QED) is 0.214. The fraction of sp³-hybridized carbons (Fsp3) is 0.469. The van der Waals surface area contributed by atoms with Gasteiger partial charge in [0.05, 0.1) is 12.8 Å². The Kier molecular flexibility index (Phi) is 11.0. The first-order chi connectivity index (χ1) is 20.5. The summed E-state index contributed by atoms with van der Waals surface area (Å²) in [5, 5.41) is 37.6. The zero-order chi connectivity index (χ0) is 32.7. The maximum Gasteiger partial charge on any atom is 0.336 e.